The molecule has 0 unspecified atom stereocenters. The van der Waals surface area contributed by atoms with Gasteiger partial charge in [-0.15, -0.1) is 0 Å². The first-order valence-corrected chi connectivity index (χ1v) is 12.9. The van der Waals surface area contributed by atoms with E-state index in [2.05, 4.69) is 0 Å². The average molecular weight is 481 g/mol. The molecule has 6 N–H and O–H groups in total. The third-order valence-electron chi connectivity index (χ3n) is 10.5. The number of allylic oxidation sites excluding steroid dienone is 1. The van der Waals surface area contributed by atoms with Crippen LogP contribution in [-0.2, 0) is 4.79 Å². The van der Waals surface area contributed by atoms with Crippen LogP contribution in [0.1, 0.15) is 86.0 Å². The molecule has 10 atom stereocenters. The summed E-state index contributed by atoms with van der Waals surface area (Å²) in [5, 5.41) is 65.5. The Bertz CT molecular complexity index is 860. The van der Waals surface area contributed by atoms with E-state index in [4.69, 9.17) is 0 Å². The number of ketones is 1. The maximum absolute atomic E-state index is 13.2. The number of aliphatic hydroxyl groups is 6. The molecule has 0 heterocycles. The molecule has 3 fully saturated rings. The Morgan fingerprint density at radius 2 is 1.71 bits per heavy atom. The summed E-state index contributed by atoms with van der Waals surface area (Å²) in [6.45, 7) is 8.96. The van der Waals surface area contributed by atoms with Crippen molar-refractivity contribution in [2.24, 2.45) is 28.6 Å². The van der Waals surface area contributed by atoms with Gasteiger partial charge in [-0.1, -0.05) is 13.8 Å². The van der Waals surface area contributed by atoms with Crippen molar-refractivity contribution in [2.75, 3.05) is 0 Å². The van der Waals surface area contributed by atoms with Crippen LogP contribution < -0.4 is 0 Å². The highest BCUT2D eigenvalue weighted by Gasteiger charge is 2.69. The molecule has 0 radical (unpaired) electrons. The van der Waals surface area contributed by atoms with Crippen LogP contribution in [0.4, 0.5) is 0 Å². The van der Waals surface area contributed by atoms with Crippen LogP contribution in [0.25, 0.3) is 0 Å². The van der Waals surface area contributed by atoms with E-state index in [0.717, 1.165) is 0 Å². The summed E-state index contributed by atoms with van der Waals surface area (Å²) >= 11 is 0. The molecule has 4 aliphatic rings. The summed E-state index contributed by atoms with van der Waals surface area (Å²) in [4.78, 5) is 13.2. The van der Waals surface area contributed by atoms with E-state index in [1.807, 2.05) is 13.8 Å². The van der Waals surface area contributed by atoms with Gasteiger partial charge in [0, 0.05) is 11.3 Å². The van der Waals surface area contributed by atoms with Crippen LogP contribution in [0.5, 0.6) is 0 Å². The zero-order chi connectivity index (χ0) is 25.5. The van der Waals surface area contributed by atoms with Crippen LogP contribution in [0.3, 0.4) is 0 Å². The minimum atomic E-state index is -1.46. The fourth-order valence-corrected chi connectivity index (χ4v) is 8.32. The van der Waals surface area contributed by atoms with Crippen LogP contribution >= 0.6 is 0 Å². The van der Waals surface area contributed by atoms with Crippen molar-refractivity contribution in [3.05, 3.63) is 11.6 Å². The van der Waals surface area contributed by atoms with Crippen molar-refractivity contribution in [3.63, 3.8) is 0 Å². The van der Waals surface area contributed by atoms with Gasteiger partial charge in [-0.25, -0.2) is 0 Å². The summed E-state index contributed by atoms with van der Waals surface area (Å²) in [6, 6.07) is 0. The van der Waals surface area contributed by atoms with Gasteiger partial charge in [-0.2, -0.15) is 0 Å². The van der Waals surface area contributed by atoms with Gasteiger partial charge in [-0.05, 0) is 101 Å². The molecule has 0 aromatic rings. The molecular weight excluding hydrogens is 436 g/mol. The van der Waals surface area contributed by atoms with E-state index >= 15 is 0 Å². The molecule has 0 saturated heterocycles. The predicted octanol–water partition coefficient (Wildman–Crippen LogP) is 1.85. The molecule has 0 spiro atoms. The number of aliphatic hydroxyl groups excluding tert-OH is 3. The zero-order valence-electron chi connectivity index (χ0n) is 21.3. The highest BCUT2D eigenvalue weighted by molar-refractivity contribution is 5.95. The molecule has 7 nitrogen and oxygen atoms in total. The minimum absolute atomic E-state index is 0.0840. The first-order chi connectivity index (χ1) is 15.5. The van der Waals surface area contributed by atoms with Crippen molar-refractivity contribution in [1.29, 1.82) is 0 Å². The summed E-state index contributed by atoms with van der Waals surface area (Å²) in [7, 11) is 0. The number of hydrogen-bond acceptors (Lipinski definition) is 7. The highest BCUT2D eigenvalue weighted by Crippen LogP contribution is 2.68. The monoisotopic (exact) mass is 480 g/mol. The molecule has 0 aromatic carbocycles. The molecule has 4 rings (SSSR count). The van der Waals surface area contributed by atoms with Gasteiger partial charge < -0.3 is 30.6 Å². The lowest BCUT2D eigenvalue weighted by atomic mass is 9.45. The molecular formula is C27H44O7. The van der Waals surface area contributed by atoms with Crippen LogP contribution in [0.2, 0.25) is 0 Å². The van der Waals surface area contributed by atoms with Gasteiger partial charge in [0.15, 0.2) is 5.78 Å². The molecule has 4 aliphatic carbocycles. The van der Waals surface area contributed by atoms with Gasteiger partial charge in [-0.3, -0.25) is 4.79 Å². The lowest BCUT2D eigenvalue weighted by molar-refractivity contribution is -0.177. The van der Waals surface area contributed by atoms with Crippen molar-refractivity contribution >= 4 is 5.78 Å². The van der Waals surface area contributed by atoms with Gasteiger partial charge in [0.1, 0.15) is 0 Å². The number of carbonyl (C=O) groups excluding carboxylic acids is 1. The summed E-state index contributed by atoms with van der Waals surface area (Å²) < 4.78 is 0. The molecule has 0 aromatic heterocycles. The predicted molar refractivity (Wildman–Crippen MR) is 127 cm³/mol. The second kappa shape index (κ2) is 8.09. The van der Waals surface area contributed by atoms with Gasteiger partial charge in [0.25, 0.3) is 0 Å². The third-order valence-corrected chi connectivity index (χ3v) is 10.5. The van der Waals surface area contributed by atoms with Crippen LogP contribution in [0, 0.1) is 28.6 Å². The fourth-order valence-electron chi connectivity index (χ4n) is 8.32. The minimum Gasteiger partial charge on any atom is -0.390 e. The first-order valence-electron chi connectivity index (χ1n) is 12.9. The van der Waals surface area contributed by atoms with Crippen molar-refractivity contribution in [2.45, 2.75) is 121 Å². The van der Waals surface area contributed by atoms with Crippen molar-refractivity contribution in [1.82, 2.24) is 0 Å². The molecule has 3 saturated carbocycles. The number of carbonyl (C=O) groups is 1. The maximum Gasteiger partial charge on any atom is 0.159 e. The molecule has 0 aliphatic heterocycles. The molecule has 34 heavy (non-hydrogen) atoms. The Labute approximate surface area is 202 Å². The molecule has 0 amide bonds. The summed E-state index contributed by atoms with van der Waals surface area (Å²) in [5.74, 6) is -0.948. The maximum atomic E-state index is 13.2. The Balaban J connectivity index is 1.66. The van der Waals surface area contributed by atoms with E-state index in [-0.39, 0.29) is 36.4 Å². The van der Waals surface area contributed by atoms with Crippen molar-refractivity contribution < 1.29 is 35.4 Å². The second-order valence-corrected chi connectivity index (χ2v) is 13.2. The van der Waals surface area contributed by atoms with Gasteiger partial charge in [0.05, 0.1) is 35.1 Å². The summed E-state index contributed by atoms with van der Waals surface area (Å²) in [6.07, 6.45) is 2.11. The van der Waals surface area contributed by atoms with Gasteiger partial charge >= 0.3 is 0 Å². The summed E-state index contributed by atoms with van der Waals surface area (Å²) in [5.41, 5.74) is -4.27. The van der Waals surface area contributed by atoms with Crippen LogP contribution in [-0.4, -0.2) is 71.5 Å². The van der Waals surface area contributed by atoms with E-state index in [9.17, 15) is 35.4 Å². The Kier molecular flexibility index (Phi) is 6.24. The second-order valence-electron chi connectivity index (χ2n) is 13.2. The normalized spacial score (nSPS) is 47.2. The van der Waals surface area contributed by atoms with E-state index in [1.165, 1.54) is 0 Å². The Morgan fingerprint density at radius 1 is 1.06 bits per heavy atom. The van der Waals surface area contributed by atoms with Crippen LogP contribution in [0.15, 0.2) is 11.6 Å². The standard InChI is InChI=1S/C27H44O7/c1-23(2,32)9-8-22(31)26(5,33)21-7-11-27(34)16-12-18(28)17-13-19(29)20(30)14-24(17,3)15(16)6-10-25(21,27)4/h12,15,17,19-22,29-34H,6-11,13-14H2,1-5H3/t15-,17-,19+,20-,21+,22+,24+,25+,26+,27+/m1/s1. The van der Waals surface area contributed by atoms with E-state index in [1.54, 1.807) is 26.8 Å². The Hall–Kier alpha value is -0.830. The smallest absolute Gasteiger partial charge is 0.159 e. The first kappa shape index (κ1) is 26.2. The largest absolute Gasteiger partial charge is 0.390 e. The number of hydrogen-bond donors (Lipinski definition) is 6. The highest BCUT2D eigenvalue weighted by atomic mass is 16.3. The Morgan fingerprint density at radius 3 is 2.32 bits per heavy atom. The van der Waals surface area contributed by atoms with E-state index < -0.39 is 45.9 Å². The fraction of sp³-hybridized carbons (Fsp3) is 0.889. The van der Waals surface area contributed by atoms with Gasteiger partial charge in [0.2, 0.25) is 0 Å². The number of fused-ring (bicyclic) bond motifs is 5. The van der Waals surface area contributed by atoms with Crippen molar-refractivity contribution in [3.8, 4) is 0 Å². The molecule has 0 bridgehead atoms. The zero-order valence-corrected chi connectivity index (χ0v) is 21.3. The molecule has 7 heteroatoms. The average Bonchev–Trinajstić information content (AvgIpc) is 3.00. The third kappa shape index (κ3) is 3.73. The SMILES string of the molecule is CC(C)(O)CC[C@H](O)[C@@](C)(O)[C@H]1CC[C@]2(O)C3=CC(=O)[C@H]4C[C@H](O)[C@H](O)C[C@@]4(C)[C@@H]3CC[C@@]12C. The number of rotatable bonds is 5. The lowest BCUT2D eigenvalue weighted by Gasteiger charge is -2.60. The quantitative estimate of drug-likeness (QED) is 0.353. The topological polar surface area (TPSA) is 138 Å². The lowest BCUT2D eigenvalue weighted by Crippen LogP contribution is -2.62. The molecule has 194 valence electrons. The van der Waals surface area contributed by atoms with E-state index in [0.29, 0.717) is 44.1 Å².